The van der Waals surface area contributed by atoms with Crippen LogP contribution in [0, 0.1) is 0 Å². The van der Waals surface area contributed by atoms with Crippen LogP contribution in [0.2, 0.25) is 0 Å². The van der Waals surface area contributed by atoms with Crippen molar-refractivity contribution in [2.75, 3.05) is 5.32 Å². The smallest absolute Gasteiger partial charge is 0.226 e. The third-order valence-corrected chi connectivity index (χ3v) is 4.96. The maximum absolute atomic E-state index is 12.7. The van der Waals surface area contributed by atoms with Crippen molar-refractivity contribution in [2.45, 2.75) is 52.1 Å². The molecule has 0 fully saturated rings. The van der Waals surface area contributed by atoms with E-state index in [9.17, 15) is 14.4 Å². The average molecular weight is 420 g/mol. The van der Waals surface area contributed by atoms with E-state index >= 15 is 0 Å². The van der Waals surface area contributed by atoms with E-state index in [1.54, 1.807) is 23.2 Å². The van der Waals surface area contributed by atoms with E-state index < -0.39 is 0 Å². The lowest BCUT2D eigenvalue weighted by molar-refractivity contribution is -0.129. The van der Waals surface area contributed by atoms with E-state index in [1.807, 2.05) is 63.2 Å². The molecule has 1 aliphatic heterocycles. The lowest BCUT2D eigenvalue weighted by atomic mass is 9.93. The molecule has 0 radical (unpaired) electrons. The third-order valence-electron chi connectivity index (χ3n) is 4.96. The number of nitrogens with one attached hydrogen (secondary N) is 2. The third kappa shape index (κ3) is 6.04. The summed E-state index contributed by atoms with van der Waals surface area (Å²) in [5.74, 6) is -0.335. The van der Waals surface area contributed by atoms with Gasteiger partial charge in [-0.1, -0.05) is 36.4 Å². The number of fused-ring (bicyclic) bond motifs is 1. The van der Waals surface area contributed by atoms with Crippen molar-refractivity contribution in [2.24, 2.45) is 0 Å². The highest BCUT2D eigenvalue weighted by Crippen LogP contribution is 2.33. The van der Waals surface area contributed by atoms with Gasteiger partial charge < -0.3 is 15.5 Å². The molecule has 2 aromatic carbocycles. The van der Waals surface area contributed by atoms with E-state index in [0.29, 0.717) is 5.69 Å². The first-order valence-electron chi connectivity index (χ1n) is 10.4. The predicted octanol–water partition coefficient (Wildman–Crippen LogP) is 4.05. The Balaban J connectivity index is 1.64. The van der Waals surface area contributed by atoms with Crippen molar-refractivity contribution in [3.8, 4) is 0 Å². The molecule has 31 heavy (non-hydrogen) atoms. The second-order valence-electron chi connectivity index (χ2n) is 8.81. The van der Waals surface area contributed by atoms with Crippen molar-refractivity contribution in [1.29, 1.82) is 0 Å². The first-order chi connectivity index (χ1) is 14.6. The molecule has 2 N–H and O–H groups in total. The van der Waals surface area contributed by atoms with Crippen LogP contribution in [0.1, 0.15) is 56.8 Å². The lowest BCUT2D eigenvalue weighted by Crippen LogP contribution is -2.41. The molecule has 0 saturated heterocycles. The minimum absolute atomic E-state index is 0.0439. The molecule has 0 aliphatic carbocycles. The SMILES string of the molecule is CC(=O)N1C=Cc2ccccc2[C@@H]1CC(=O)Nc1ccc(CC(=O)NC(C)(C)C)cc1. The van der Waals surface area contributed by atoms with Crippen LogP contribution < -0.4 is 10.6 Å². The molecule has 1 atom stereocenters. The zero-order valence-electron chi connectivity index (χ0n) is 18.4. The average Bonchev–Trinajstić information content (AvgIpc) is 2.68. The molecule has 0 spiro atoms. The van der Waals surface area contributed by atoms with E-state index in [-0.39, 0.29) is 42.1 Å². The minimum Gasteiger partial charge on any atom is -0.351 e. The molecule has 6 nitrogen and oxygen atoms in total. The molecule has 1 aliphatic rings. The Kier molecular flexibility index (Phi) is 6.59. The predicted molar refractivity (Wildman–Crippen MR) is 122 cm³/mol. The van der Waals surface area contributed by atoms with Crippen molar-refractivity contribution in [3.63, 3.8) is 0 Å². The second kappa shape index (κ2) is 9.16. The van der Waals surface area contributed by atoms with Crippen molar-refractivity contribution in [3.05, 3.63) is 71.4 Å². The monoisotopic (exact) mass is 419 g/mol. The Hall–Kier alpha value is -3.41. The van der Waals surface area contributed by atoms with Gasteiger partial charge in [-0.2, -0.15) is 0 Å². The number of rotatable bonds is 5. The van der Waals surface area contributed by atoms with Crippen LogP contribution in [0.3, 0.4) is 0 Å². The molecule has 162 valence electrons. The van der Waals surface area contributed by atoms with Crippen LogP contribution in [-0.4, -0.2) is 28.2 Å². The zero-order valence-corrected chi connectivity index (χ0v) is 18.4. The summed E-state index contributed by atoms with van der Waals surface area (Å²) in [6.45, 7) is 7.32. The highest BCUT2D eigenvalue weighted by molar-refractivity contribution is 5.92. The van der Waals surface area contributed by atoms with E-state index in [4.69, 9.17) is 0 Å². The van der Waals surface area contributed by atoms with E-state index in [2.05, 4.69) is 10.6 Å². The number of carbonyl (C=O) groups is 3. The number of nitrogens with zero attached hydrogens (tertiary/aromatic N) is 1. The molecule has 0 bridgehead atoms. The first kappa shape index (κ1) is 22.3. The number of anilines is 1. The molecular formula is C25H29N3O3. The standard InChI is InChI=1S/C25H29N3O3/c1-17(29)28-14-13-19-7-5-6-8-21(19)22(28)16-23(30)26-20-11-9-18(10-12-20)15-24(31)27-25(2,3)4/h5-14,22H,15-16H2,1-4H3,(H,26,30)(H,27,31)/t22-/m0/s1. The van der Waals surface area contributed by atoms with Gasteiger partial charge in [-0.3, -0.25) is 14.4 Å². The summed E-state index contributed by atoms with van der Waals surface area (Å²) in [5, 5.41) is 5.83. The van der Waals surface area contributed by atoms with Crippen LogP contribution in [0.25, 0.3) is 6.08 Å². The number of hydrogen-bond donors (Lipinski definition) is 2. The summed E-state index contributed by atoms with van der Waals surface area (Å²) < 4.78 is 0. The molecule has 0 unspecified atom stereocenters. The Morgan fingerprint density at radius 2 is 1.65 bits per heavy atom. The van der Waals surface area contributed by atoms with Gasteiger partial charge in [-0.15, -0.1) is 0 Å². The summed E-state index contributed by atoms with van der Waals surface area (Å²) in [4.78, 5) is 38.5. The minimum atomic E-state index is -0.348. The Labute approximate surface area is 183 Å². The van der Waals surface area contributed by atoms with Gasteiger partial charge in [0.1, 0.15) is 0 Å². The van der Waals surface area contributed by atoms with Gasteiger partial charge in [0.15, 0.2) is 0 Å². The zero-order chi connectivity index (χ0) is 22.6. The van der Waals surface area contributed by atoms with Crippen LogP contribution in [0.5, 0.6) is 0 Å². The molecule has 1 heterocycles. The lowest BCUT2D eigenvalue weighted by Gasteiger charge is -2.32. The fourth-order valence-electron chi connectivity index (χ4n) is 3.65. The number of carbonyl (C=O) groups excluding carboxylic acids is 3. The quantitative estimate of drug-likeness (QED) is 0.768. The summed E-state index contributed by atoms with van der Waals surface area (Å²) in [6, 6.07) is 14.7. The summed E-state index contributed by atoms with van der Waals surface area (Å²) in [6.07, 6.45) is 4.06. The fraction of sp³-hybridized carbons (Fsp3) is 0.320. The van der Waals surface area contributed by atoms with Crippen LogP contribution in [0.15, 0.2) is 54.7 Å². The number of hydrogen-bond acceptors (Lipinski definition) is 3. The highest BCUT2D eigenvalue weighted by Gasteiger charge is 2.28. The largest absolute Gasteiger partial charge is 0.351 e. The molecule has 0 saturated carbocycles. The van der Waals surface area contributed by atoms with Gasteiger partial charge in [-0.25, -0.2) is 0 Å². The number of amides is 3. The molecule has 6 heteroatoms. The van der Waals surface area contributed by atoms with Crippen molar-refractivity contribution in [1.82, 2.24) is 10.2 Å². The Morgan fingerprint density at radius 3 is 2.29 bits per heavy atom. The molecule has 0 aromatic heterocycles. The van der Waals surface area contributed by atoms with Crippen LogP contribution >= 0.6 is 0 Å². The fourth-order valence-corrected chi connectivity index (χ4v) is 3.65. The number of benzene rings is 2. The summed E-state index contributed by atoms with van der Waals surface area (Å²) >= 11 is 0. The van der Waals surface area contributed by atoms with Crippen LogP contribution in [0.4, 0.5) is 5.69 Å². The van der Waals surface area contributed by atoms with Gasteiger partial charge in [0.2, 0.25) is 17.7 Å². The maximum atomic E-state index is 12.7. The van der Waals surface area contributed by atoms with Crippen molar-refractivity contribution < 1.29 is 14.4 Å². The molecule has 2 aromatic rings. The van der Waals surface area contributed by atoms with Gasteiger partial charge in [0, 0.05) is 24.4 Å². The first-order valence-corrected chi connectivity index (χ1v) is 10.4. The maximum Gasteiger partial charge on any atom is 0.226 e. The highest BCUT2D eigenvalue weighted by atomic mass is 16.2. The van der Waals surface area contributed by atoms with Gasteiger partial charge in [-0.05, 0) is 55.7 Å². The Bertz CT molecular complexity index is 1000. The Morgan fingerprint density at radius 1 is 0.968 bits per heavy atom. The molecule has 3 rings (SSSR count). The normalized spacial score (nSPS) is 15.2. The van der Waals surface area contributed by atoms with Gasteiger partial charge >= 0.3 is 0 Å². The van der Waals surface area contributed by atoms with E-state index in [1.165, 1.54) is 6.92 Å². The summed E-state index contributed by atoms with van der Waals surface area (Å²) in [5.41, 5.74) is 3.21. The van der Waals surface area contributed by atoms with Crippen molar-refractivity contribution >= 4 is 29.5 Å². The van der Waals surface area contributed by atoms with E-state index in [0.717, 1.165) is 16.7 Å². The molecular weight excluding hydrogens is 390 g/mol. The van der Waals surface area contributed by atoms with Gasteiger partial charge in [0.05, 0.1) is 18.9 Å². The summed E-state index contributed by atoms with van der Waals surface area (Å²) in [7, 11) is 0. The van der Waals surface area contributed by atoms with Gasteiger partial charge in [0.25, 0.3) is 0 Å². The second-order valence-corrected chi connectivity index (χ2v) is 8.81. The van der Waals surface area contributed by atoms with Crippen LogP contribution in [-0.2, 0) is 20.8 Å². The topological polar surface area (TPSA) is 78.5 Å². The molecule has 3 amide bonds.